The minimum atomic E-state index is -3.88. The first-order valence-corrected chi connectivity index (χ1v) is 14.4. The molecule has 1 fully saturated rings. The number of sulfonamides is 1. The molecule has 1 aliphatic carbocycles. The van der Waals surface area contributed by atoms with E-state index in [4.69, 9.17) is 0 Å². The van der Waals surface area contributed by atoms with Gasteiger partial charge in [-0.25, -0.2) is 8.42 Å². The summed E-state index contributed by atoms with van der Waals surface area (Å²) < 4.78 is 28.5. The Morgan fingerprint density at radius 3 is 2.39 bits per heavy atom. The number of hydrogen-bond donors (Lipinski definition) is 1. The van der Waals surface area contributed by atoms with Crippen molar-refractivity contribution in [3.05, 3.63) is 81.5 Å². The number of hydrogen-bond acceptors (Lipinski definition) is 5. The molecule has 1 aliphatic heterocycles. The summed E-state index contributed by atoms with van der Waals surface area (Å²) in [5.74, 6) is -0.419. The van der Waals surface area contributed by atoms with Gasteiger partial charge in [0.15, 0.2) is 0 Å². The molecule has 1 N–H and O–H groups in total. The molecule has 0 radical (unpaired) electrons. The fourth-order valence-electron chi connectivity index (χ4n) is 4.74. The van der Waals surface area contributed by atoms with Crippen molar-refractivity contribution in [3.8, 4) is 0 Å². The maximum Gasteiger partial charge on any atom is 0.243 e. The first-order chi connectivity index (χ1) is 17.2. The molecule has 1 saturated carbocycles. The standard InChI is InChI=1S/C27H29N3O4S2/c1-18-3-5-20(6-4-18)27-24-14-16-35-25(24)13-15-29(27)26(32)17-30(22-9-10-22)36(33,34)23-11-7-21(8-12-23)28-19(2)31/h3-8,11-12,14,16,22,27H,9-10,13,15,17H2,1-2H3,(H,28,31). The van der Waals surface area contributed by atoms with Gasteiger partial charge in [0.25, 0.3) is 0 Å². The Bertz CT molecular complexity index is 1380. The van der Waals surface area contributed by atoms with Crippen LogP contribution in [0.3, 0.4) is 0 Å². The third kappa shape index (κ3) is 4.96. The van der Waals surface area contributed by atoms with E-state index in [2.05, 4.69) is 28.9 Å². The van der Waals surface area contributed by atoms with E-state index < -0.39 is 10.0 Å². The number of fused-ring (bicyclic) bond motifs is 1. The van der Waals surface area contributed by atoms with E-state index >= 15 is 0 Å². The Kier molecular flexibility index (Phi) is 6.72. The molecule has 1 atom stereocenters. The Labute approximate surface area is 215 Å². The van der Waals surface area contributed by atoms with Crippen LogP contribution >= 0.6 is 11.3 Å². The minimum absolute atomic E-state index is 0.116. The van der Waals surface area contributed by atoms with E-state index in [0.717, 1.165) is 36.0 Å². The zero-order valence-electron chi connectivity index (χ0n) is 20.3. The molecular formula is C27H29N3O4S2. The molecule has 1 aromatic heterocycles. The highest BCUT2D eigenvalue weighted by Crippen LogP contribution is 2.39. The van der Waals surface area contributed by atoms with E-state index in [1.807, 2.05) is 24.0 Å². The lowest BCUT2D eigenvalue weighted by Gasteiger charge is -2.37. The van der Waals surface area contributed by atoms with Crippen LogP contribution in [-0.2, 0) is 26.0 Å². The number of rotatable bonds is 7. The SMILES string of the molecule is CC(=O)Nc1ccc(S(=O)(=O)N(CC(=O)N2CCc3sccc3C2c2ccc(C)cc2)C2CC2)cc1. The van der Waals surface area contributed by atoms with Crippen LogP contribution < -0.4 is 5.32 Å². The van der Waals surface area contributed by atoms with Crippen LogP contribution in [0.4, 0.5) is 5.69 Å². The Hall–Kier alpha value is -3.01. The molecule has 7 nitrogen and oxygen atoms in total. The van der Waals surface area contributed by atoms with Gasteiger partial charge in [0.05, 0.1) is 17.5 Å². The van der Waals surface area contributed by atoms with Crippen LogP contribution in [0.2, 0.25) is 0 Å². The van der Waals surface area contributed by atoms with E-state index in [1.54, 1.807) is 23.5 Å². The number of benzene rings is 2. The van der Waals surface area contributed by atoms with Crippen molar-refractivity contribution in [1.29, 1.82) is 0 Å². The molecule has 0 saturated heterocycles. The molecule has 2 amide bonds. The highest BCUT2D eigenvalue weighted by molar-refractivity contribution is 7.89. The lowest BCUT2D eigenvalue weighted by molar-refractivity contribution is -0.133. The number of aryl methyl sites for hydroxylation is 1. The van der Waals surface area contributed by atoms with Crippen molar-refractivity contribution in [2.24, 2.45) is 0 Å². The van der Waals surface area contributed by atoms with Gasteiger partial charge in [-0.2, -0.15) is 4.31 Å². The number of nitrogens with zero attached hydrogens (tertiary/aromatic N) is 2. The molecule has 0 bridgehead atoms. The summed E-state index contributed by atoms with van der Waals surface area (Å²) in [6.07, 6.45) is 2.25. The number of nitrogens with one attached hydrogen (secondary N) is 1. The Morgan fingerprint density at radius 1 is 1.06 bits per heavy atom. The van der Waals surface area contributed by atoms with Crippen LogP contribution in [0.25, 0.3) is 0 Å². The van der Waals surface area contributed by atoms with Crippen LogP contribution in [0.15, 0.2) is 64.9 Å². The van der Waals surface area contributed by atoms with Gasteiger partial charge in [0, 0.05) is 30.1 Å². The number of thiophene rings is 1. The molecule has 1 unspecified atom stereocenters. The maximum atomic E-state index is 13.8. The number of carbonyl (C=O) groups is 2. The predicted molar refractivity (Wildman–Crippen MR) is 140 cm³/mol. The largest absolute Gasteiger partial charge is 0.330 e. The van der Waals surface area contributed by atoms with Gasteiger partial charge in [-0.3, -0.25) is 9.59 Å². The molecule has 188 valence electrons. The van der Waals surface area contributed by atoms with Crippen molar-refractivity contribution in [2.75, 3.05) is 18.4 Å². The summed E-state index contributed by atoms with van der Waals surface area (Å²) in [5.41, 5.74) is 3.82. The van der Waals surface area contributed by atoms with E-state index in [1.165, 1.54) is 28.2 Å². The first-order valence-electron chi connectivity index (χ1n) is 12.1. The van der Waals surface area contributed by atoms with Crippen molar-refractivity contribution < 1.29 is 18.0 Å². The molecule has 5 rings (SSSR count). The molecule has 36 heavy (non-hydrogen) atoms. The summed E-state index contributed by atoms with van der Waals surface area (Å²) in [6, 6.07) is 16.0. The monoisotopic (exact) mass is 523 g/mol. The zero-order chi connectivity index (χ0) is 25.4. The second kappa shape index (κ2) is 9.80. The highest BCUT2D eigenvalue weighted by Gasteiger charge is 2.41. The molecule has 9 heteroatoms. The van der Waals surface area contributed by atoms with Crippen LogP contribution in [-0.4, -0.2) is 48.6 Å². The topological polar surface area (TPSA) is 86.8 Å². The predicted octanol–water partition coefficient (Wildman–Crippen LogP) is 4.34. The van der Waals surface area contributed by atoms with Crippen molar-refractivity contribution in [2.45, 2.75) is 50.1 Å². The molecule has 2 aliphatic rings. The summed E-state index contributed by atoms with van der Waals surface area (Å²) in [5, 5.41) is 4.71. The fraction of sp³-hybridized carbons (Fsp3) is 0.333. The van der Waals surface area contributed by atoms with Gasteiger partial charge in [0.1, 0.15) is 0 Å². The van der Waals surface area contributed by atoms with Gasteiger partial charge >= 0.3 is 0 Å². The highest BCUT2D eigenvalue weighted by atomic mass is 32.2. The second-order valence-corrected chi connectivity index (χ2v) is 12.3. The van der Waals surface area contributed by atoms with Crippen molar-refractivity contribution >= 4 is 38.9 Å². The van der Waals surface area contributed by atoms with E-state index in [-0.39, 0.29) is 35.3 Å². The average molecular weight is 524 g/mol. The van der Waals surface area contributed by atoms with Crippen LogP contribution in [0, 0.1) is 6.92 Å². The summed E-state index contributed by atoms with van der Waals surface area (Å²) >= 11 is 1.71. The second-order valence-electron chi connectivity index (χ2n) is 9.44. The van der Waals surface area contributed by atoms with E-state index in [0.29, 0.717) is 12.2 Å². The number of amides is 2. The van der Waals surface area contributed by atoms with Crippen molar-refractivity contribution in [3.63, 3.8) is 0 Å². The van der Waals surface area contributed by atoms with Gasteiger partial charge in [0.2, 0.25) is 21.8 Å². The average Bonchev–Trinajstić information content (AvgIpc) is 3.57. The first kappa shape index (κ1) is 24.7. The smallest absolute Gasteiger partial charge is 0.243 e. The lowest BCUT2D eigenvalue weighted by Crippen LogP contribution is -2.47. The minimum Gasteiger partial charge on any atom is -0.330 e. The fourth-order valence-corrected chi connectivity index (χ4v) is 7.28. The van der Waals surface area contributed by atoms with Crippen LogP contribution in [0.5, 0.6) is 0 Å². The van der Waals surface area contributed by atoms with Crippen molar-refractivity contribution in [1.82, 2.24) is 9.21 Å². The molecule has 0 spiro atoms. The summed E-state index contributed by atoms with van der Waals surface area (Å²) in [6.45, 7) is 3.79. The third-order valence-electron chi connectivity index (χ3n) is 6.71. The number of anilines is 1. The molecule has 2 heterocycles. The zero-order valence-corrected chi connectivity index (χ0v) is 21.9. The number of carbonyl (C=O) groups excluding carboxylic acids is 2. The Morgan fingerprint density at radius 2 is 1.75 bits per heavy atom. The molecule has 2 aromatic carbocycles. The lowest BCUT2D eigenvalue weighted by atomic mass is 9.92. The normalized spacial score (nSPS) is 17.6. The summed E-state index contributed by atoms with van der Waals surface area (Å²) in [4.78, 5) is 28.3. The summed E-state index contributed by atoms with van der Waals surface area (Å²) in [7, 11) is -3.88. The molecular weight excluding hydrogens is 494 g/mol. The van der Waals surface area contributed by atoms with Gasteiger partial charge in [-0.15, -0.1) is 11.3 Å². The van der Waals surface area contributed by atoms with Gasteiger partial charge < -0.3 is 10.2 Å². The van der Waals surface area contributed by atoms with Gasteiger partial charge in [-0.05, 0) is 73.0 Å². The Balaban J connectivity index is 1.42. The van der Waals surface area contributed by atoms with E-state index in [9.17, 15) is 18.0 Å². The maximum absolute atomic E-state index is 13.8. The van der Waals surface area contributed by atoms with Gasteiger partial charge in [-0.1, -0.05) is 29.8 Å². The van der Waals surface area contributed by atoms with Crippen LogP contribution in [0.1, 0.15) is 47.4 Å². The molecule has 3 aromatic rings. The quantitative estimate of drug-likeness (QED) is 0.499. The third-order valence-corrected chi connectivity index (χ3v) is 9.61.